The van der Waals surface area contributed by atoms with Gasteiger partial charge in [0.1, 0.15) is 16.7 Å². The zero-order chi connectivity index (χ0) is 33.5. The minimum absolute atomic E-state index is 0.0322. The van der Waals surface area contributed by atoms with Gasteiger partial charge in [-0.05, 0) is 105 Å². The minimum atomic E-state index is -3.51. The fraction of sp³-hybridized carbons (Fsp3) is 0.457. The van der Waals surface area contributed by atoms with Gasteiger partial charge in [-0.15, -0.1) is 0 Å². The number of hydrogen-bond acceptors (Lipinski definition) is 9. The number of carbonyl (C=O) groups excluding carboxylic acids is 3. The Bertz CT molecular complexity index is 1520. The van der Waals surface area contributed by atoms with Crippen molar-refractivity contribution in [2.45, 2.75) is 71.8 Å². The number of methoxy groups -OCH3 is 2. The van der Waals surface area contributed by atoms with E-state index in [4.69, 9.17) is 9.47 Å². The lowest BCUT2D eigenvalue weighted by Gasteiger charge is -2.26. The van der Waals surface area contributed by atoms with E-state index in [0.29, 0.717) is 29.2 Å². The summed E-state index contributed by atoms with van der Waals surface area (Å²) in [6.07, 6.45) is 6.79. The van der Waals surface area contributed by atoms with Crippen molar-refractivity contribution in [3.63, 3.8) is 0 Å². The van der Waals surface area contributed by atoms with Crippen LogP contribution in [0.3, 0.4) is 0 Å². The number of fused-ring (bicyclic) bond motifs is 1. The van der Waals surface area contributed by atoms with Gasteiger partial charge in [0.2, 0.25) is 0 Å². The Morgan fingerprint density at radius 3 is 2.04 bits per heavy atom. The minimum Gasteiger partial charge on any atom is -0.497 e. The first kappa shape index (κ1) is 36.0. The quantitative estimate of drug-likeness (QED) is 0.116. The van der Waals surface area contributed by atoms with E-state index in [9.17, 15) is 18.9 Å². The van der Waals surface area contributed by atoms with Crippen LogP contribution in [0.15, 0.2) is 48.3 Å². The van der Waals surface area contributed by atoms with Gasteiger partial charge >= 0.3 is 19.5 Å². The van der Waals surface area contributed by atoms with Crippen LogP contribution in [0.1, 0.15) is 97.2 Å². The molecule has 0 aliphatic heterocycles. The predicted molar refractivity (Wildman–Crippen MR) is 174 cm³/mol. The summed E-state index contributed by atoms with van der Waals surface area (Å²) in [5.74, 6) is 0.0921. The molecule has 1 saturated carbocycles. The van der Waals surface area contributed by atoms with Crippen LogP contribution in [-0.2, 0) is 34.3 Å². The van der Waals surface area contributed by atoms with Crippen molar-refractivity contribution < 1.29 is 42.2 Å². The molecule has 0 aromatic heterocycles. The van der Waals surface area contributed by atoms with Gasteiger partial charge in [-0.3, -0.25) is 9.36 Å². The largest absolute Gasteiger partial charge is 0.497 e. The highest BCUT2D eigenvalue weighted by atomic mass is 31.2. The van der Waals surface area contributed by atoms with Gasteiger partial charge in [0.25, 0.3) is 0 Å². The van der Waals surface area contributed by atoms with Crippen molar-refractivity contribution in [1.29, 1.82) is 0 Å². The van der Waals surface area contributed by atoms with Gasteiger partial charge in [0.15, 0.2) is 5.78 Å². The van der Waals surface area contributed by atoms with Gasteiger partial charge in [-0.2, -0.15) is 0 Å². The standard InChI is InChI=1S/C29H34O4.C6H11O5P/c1-18(30)25-17-22(32-5)12-14-24(25)26-16-21-15-20(28(31)33-29(2,3)4)11-13-23(21)27(26)19-9-7-6-8-10-19;1-5(6(7)9-2)12(8,10-3)11-4/h11-15,17,19H,6-10,16H2,1-5H3;1H2,2-4H3. The maximum Gasteiger partial charge on any atom is 0.367 e. The number of ether oxygens (including phenoxy) is 3. The number of hydrogen-bond donors (Lipinski definition) is 0. The summed E-state index contributed by atoms with van der Waals surface area (Å²) >= 11 is 0. The molecule has 2 aromatic rings. The zero-order valence-electron chi connectivity index (χ0n) is 27.6. The first-order chi connectivity index (χ1) is 21.2. The topological polar surface area (TPSA) is 114 Å². The molecule has 2 aliphatic rings. The lowest BCUT2D eigenvalue weighted by molar-refractivity contribution is -0.135. The van der Waals surface area contributed by atoms with Crippen molar-refractivity contribution in [1.82, 2.24) is 0 Å². The van der Waals surface area contributed by atoms with E-state index in [1.165, 1.54) is 50.2 Å². The second-order valence-electron chi connectivity index (χ2n) is 12.0. The van der Waals surface area contributed by atoms with E-state index in [1.54, 1.807) is 14.0 Å². The Balaban J connectivity index is 0.000000392. The molecular formula is C35H45O9P. The van der Waals surface area contributed by atoms with E-state index < -0.39 is 19.2 Å². The molecule has 0 saturated heterocycles. The number of rotatable bonds is 9. The van der Waals surface area contributed by atoms with Crippen LogP contribution >= 0.6 is 7.60 Å². The van der Waals surface area contributed by atoms with Crippen molar-refractivity contribution in [2.24, 2.45) is 5.92 Å². The first-order valence-corrected chi connectivity index (χ1v) is 16.5. The molecule has 2 aromatic carbocycles. The molecule has 0 unspecified atom stereocenters. The molecule has 9 nitrogen and oxygen atoms in total. The molecule has 0 atom stereocenters. The van der Waals surface area contributed by atoms with Crippen LogP contribution in [0.4, 0.5) is 0 Å². The fourth-order valence-corrected chi connectivity index (χ4v) is 6.65. The molecule has 0 amide bonds. The number of benzene rings is 2. The van der Waals surface area contributed by atoms with E-state index >= 15 is 0 Å². The Hall–Kier alpha value is -3.52. The van der Waals surface area contributed by atoms with Crippen molar-refractivity contribution in [3.8, 4) is 5.75 Å². The monoisotopic (exact) mass is 640 g/mol. The predicted octanol–water partition coefficient (Wildman–Crippen LogP) is 8.06. The Morgan fingerprint density at radius 1 is 0.889 bits per heavy atom. The van der Waals surface area contributed by atoms with Gasteiger partial charge < -0.3 is 23.3 Å². The van der Waals surface area contributed by atoms with Crippen LogP contribution < -0.4 is 4.74 Å². The van der Waals surface area contributed by atoms with Crippen molar-refractivity contribution in [2.75, 3.05) is 28.4 Å². The summed E-state index contributed by atoms with van der Waals surface area (Å²) < 4.78 is 35.7. The van der Waals surface area contributed by atoms with Crippen LogP contribution in [0.25, 0.3) is 11.1 Å². The summed E-state index contributed by atoms with van der Waals surface area (Å²) in [6, 6.07) is 11.8. The molecular weight excluding hydrogens is 595 g/mol. The third-order valence-electron chi connectivity index (χ3n) is 7.90. The highest BCUT2D eigenvalue weighted by molar-refractivity contribution is 7.59. The van der Waals surface area contributed by atoms with Gasteiger partial charge in [-0.25, -0.2) is 9.59 Å². The normalized spacial score (nSPS) is 15.0. The van der Waals surface area contributed by atoms with Crippen molar-refractivity contribution >= 4 is 36.5 Å². The third-order valence-corrected chi connectivity index (χ3v) is 9.70. The average molecular weight is 641 g/mol. The second kappa shape index (κ2) is 15.2. The van der Waals surface area contributed by atoms with Crippen LogP contribution in [0.2, 0.25) is 0 Å². The first-order valence-electron chi connectivity index (χ1n) is 15.0. The fourth-order valence-electron chi connectivity index (χ4n) is 5.74. The SMILES string of the molecule is C=C(C(=O)OC)P(=O)(OC)OC.COc1ccc(C2=C(C3CCCCC3)c3ccc(C(=O)OC(C)(C)C)cc3C2)c(C(C)=O)c1. The Kier molecular flexibility index (Phi) is 12.1. The van der Waals surface area contributed by atoms with Crippen LogP contribution in [0, 0.1) is 5.92 Å². The lowest BCUT2D eigenvalue weighted by Crippen LogP contribution is -2.24. The number of Topliss-reactive ketones (excluding diaryl/α,β-unsaturated/α-hetero) is 1. The van der Waals surface area contributed by atoms with E-state index in [-0.39, 0.29) is 17.1 Å². The zero-order valence-corrected chi connectivity index (χ0v) is 28.5. The summed E-state index contributed by atoms with van der Waals surface area (Å²) in [5, 5.41) is -0.310. The van der Waals surface area contributed by atoms with Gasteiger partial charge in [0, 0.05) is 19.8 Å². The summed E-state index contributed by atoms with van der Waals surface area (Å²) in [4.78, 5) is 36.1. The molecule has 0 radical (unpaired) electrons. The summed E-state index contributed by atoms with van der Waals surface area (Å²) in [6.45, 7) is 10.5. The number of ketones is 1. The molecule has 1 fully saturated rings. The van der Waals surface area contributed by atoms with Crippen LogP contribution in [0.5, 0.6) is 5.75 Å². The van der Waals surface area contributed by atoms with E-state index in [1.807, 2.05) is 51.1 Å². The molecule has 4 rings (SSSR count). The van der Waals surface area contributed by atoms with Crippen LogP contribution in [-0.4, -0.2) is 51.8 Å². The molecule has 10 heteroatoms. The Labute approximate surface area is 266 Å². The molecule has 2 aliphatic carbocycles. The van der Waals surface area contributed by atoms with Gasteiger partial charge in [0.05, 0.1) is 19.8 Å². The summed E-state index contributed by atoms with van der Waals surface area (Å²) in [5.41, 5.74) is 6.64. The summed E-state index contributed by atoms with van der Waals surface area (Å²) in [7, 11) is 1.59. The van der Waals surface area contributed by atoms with Crippen molar-refractivity contribution in [3.05, 3.63) is 76.1 Å². The highest BCUT2D eigenvalue weighted by Gasteiger charge is 2.33. The lowest BCUT2D eigenvalue weighted by atomic mass is 9.79. The van der Waals surface area contributed by atoms with E-state index in [0.717, 1.165) is 31.1 Å². The molecule has 45 heavy (non-hydrogen) atoms. The number of esters is 2. The number of allylic oxidation sites excluding steroid dienone is 2. The molecule has 0 N–H and O–H groups in total. The third kappa shape index (κ3) is 8.60. The Morgan fingerprint density at radius 2 is 1.51 bits per heavy atom. The van der Waals surface area contributed by atoms with E-state index in [2.05, 4.69) is 26.4 Å². The number of carbonyl (C=O) groups is 3. The highest BCUT2D eigenvalue weighted by Crippen LogP contribution is 2.54. The molecule has 0 bridgehead atoms. The maximum atomic E-state index is 12.7. The maximum absolute atomic E-state index is 12.7. The second-order valence-corrected chi connectivity index (χ2v) is 14.3. The molecule has 244 valence electrons. The smallest absolute Gasteiger partial charge is 0.367 e. The van der Waals surface area contributed by atoms with Gasteiger partial charge in [-0.1, -0.05) is 38.0 Å². The molecule has 0 spiro atoms. The molecule has 0 heterocycles. The average Bonchev–Trinajstić information content (AvgIpc) is 3.41.